The molecule has 8 nitrogen and oxygen atoms in total. The van der Waals surface area contributed by atoms with Crippen LogP contribution in [0.1, 0.15) is 10.4 Å². The highest BCUT2D eigenvalue weighted by Gasteiger charge is 2.18. The summed E-state index contributed by atoms with van der Waals surface area (Å²) >= 11 is 0. The zero-order valence-corrected chi connectivity index (χ0v) is 8.39. The molecule has 0 saturated heterocycles. The number of benzene rings is 1. The Bertz CT molecular complexity index is 505. The van der Waals surface area contributed by atoms with Gasteiger partial charge in [0.2, 0.25) is 0 Å². The van der Waals surface area contributed by atoms with Crippen LogP contribution in [-0.2, 0) is 4.74 Å². The number of carbonyl (C=O) groups excluding carboxylic acids is 1. The van der Waals surface area contributed by atoms with Gasteiger partial charge in [0, 0.05) is 4.91 Å². The Balaban J connectivity index is 2.86. The van der Waals surface area contributed by atoms with Gasteiger partial charge in [-0.3, -0.25) is 10.1 Å². The van der Waals surface area contributed by atoms with Crippen molar-refractivity contribution in [3.63, 3.8) is 0 Å². The van der Waals surface area contributed by atoms with Crippen LogP contribution < -0.4 is 0 Å². The van der Waals surface area contributed by atoms with Crippen LogP contribution in [0.25, 0.3) is 10.4 Å². The Morgan fingerprint density at radius 3 is 2.65 bits per heavy atom. The summed E-state index contributed by atoms with van der Waals surface area (Å²) in [6, 6.07) is 7.72. The molecule has 0 heterocycles. The molecule has 0 N–H and O–H groups in total. The SMILES string of the molecule is [N-]=[N+]=NC=C(OC(=O)c1ccccc1)[N+](=O)[O-]. The van der Waals surface area contributed by atoms with Crippen molar-refractivity contribution in [2.24, 2.45) is 5.11 Å². The van der Waals surface area contributed by atoms with Crippen LogP contribution in [-0.4, -0.2) is 10.9 Å². The van der Waals surface area contributed by atoms with E-state index >= 15 is 0 Å². The van der Waals surface area contributed by atoms with Gasteiger partial charge in [-0.1, -0.05) is 23.3 Å². The van der Waals surface area contributed by atoms with Crippen LogP contribution in [0.15, 0.2) is 47.5 Å². The number of nitrogens with zero attached hydrogens (tertiary/aromatic N) is 4. The van der Waals surface area contributed by atoms with Gasteiger partial charge in [-0.15, -0.1) is 0 Å². The lowest BCUT2D eigenvalue weighted by Crippen LogP contribution is -2.10. The van der Waals surface area contributed by atoms with Gasteiger partial charge < -0.3 is 4.74 Å². The van der Waals surface area contributed by atoms with E-state index in [0.717, 1.165) is 0 Å². The Morgan fingerprint density at radius 2 is 2.12 bits per heavy atom. The first kappa shape index (κ1) is 12.2. The van der Waals surface area contributed by atoms with Crippen molar-refractivity contribution in [2.75, 3.05) is 0 Å². The highest BCUT2D eigenvalue weighted by molar-refractivity contribution is 5.89. The number of ether oxygens (including phenoxy) is 1. The van der Waals surface area contributed by atoms with Crippen molar-refractivity contribution < 1.29 is 14.5 Å². The van der Waals surface area contributed by atoms with Gasteiger partial charge in [-0.05, 0) is 17.7 Å². The molecule has 0 atom stereocenters. The lowest BCUT2D eigenvalue weighted by atomic mass is 10.2. The number of azide groups is 1. The molecule has 86 valence electrons. The third-order valence-electron chi connectivity index (χ3n) is 1.61. The molecule has 0 radical (unpaired) electrons. The van der Waals surface area contributed by atoms with Gasteiger partial charge in [0.1, 0.15) is 11.1 Å². The van der Waals surface area contributed by atoms with Crippen LogP contribution in [0.4, 0.5) is 0 Å². The van der Waals surface area contributed by atoms with E-state index in [9.17, 15) is 14.9 Å². The van der Waals surface area contributed by atoms with Gasteiger partial charge >= 0.3 is 11.9 Å². The maximum atomic E-state index is 11.4. The summed E-state index contributed by atoms with van der Waals surface area (Å²) in [7, 11) is 0. The van der Waals surface area contributed by atoms with Crippen LogP contribution in [0, 0.1) is 10.1 Å². The van der Waals surface area contributed by atoms with Crippen molar-refractivity contribution >= 4 is 5.97 Å². The summed E-state index contributed by atoms with van der Waals surface area (Å²) in [5, 5.41) is 13.3. The molecule has 1 aromatic carbocycles. The van der Waals surface area contributed by atoms with E-state index in [2.05, 4.69) is 14.8 Å². The zero-order chi connectivity index (χ0) is 12.7. The molecule has 0 aromatic heterocycles. The second kappa shape index (κ2) is 5.89. The molecule has 0 aliphatic rings. The number of hydrogen-bond acceptors (Lipinski definition) is 5. The van der Waals surface area contributed by atoms with Gasteiger partial charge in [0.25, 0.3) is 0 Å². The van der Waals surface area contributed by atoms with Gasteiger partial charge in [-0.25, -0.2) is 4.79 Å². The molecule has 0 aliphatic heterocycles. The highest BCUT2D eigenvalue weighted by Crippen LogP contribution is 2.07. The fourth-order valence-electron chi connectivity index (χ4n) is 0.914. The van der Waals surface area contributed by atoms with Crippen molar-refractivity contribution in [1.29, 1.82) is 0 Å². The smallest absolute Gasteiger partial charge is 0.363 e. The molecule has 17 heavy (non-hydrogen) atoms. The minimum atomic E-state index is -0.963. The first-order valence-electron chi connectivity index (χ1n) is 4.31. The molecule has 1 aromatic rings. The summed E-state index contributed by atoms with van der Waals surface area (Å²) in [6.07, 6.45) is 0.515. The molecule has 8 heteroatoms. The normalized spacial score (nSPS) is 10.2. The molecule has 1 rings (SSSR count). The summed E-state index contributed by atoms with van der Waals surface area (Å²) in [6.45, 7) is 0. The molecule has 0 bridgehead atoms. The van der Waals surface area contributed by atoms with E-state index in [1.54, 1.807) is 18.2 Å². The maximum absolute atomic E-state index is 11.4. The van der Waals surface area contributed by atoms with E-state index in [4.69, 9.17) is 5.53 Å². The molecular formula is C9H6N4O4. The third-order valence-corrected chi connectivity index (χ3v) is 1.61. The van der Waals surface area contributed by atoms with Crippen molar-refractivity contribution in [2.45, 2.75) is 0 Å². The van der Waals surface area contributed by atoms with E-state index < -0.39 is 16.8 Å². The summed E-state index contributed by atoms with van der Waals surface area (Å²) in [5.74, 6) is -1.83. The predicted octanol–water partition coefficient (Wildman–Crippen LogP) is 2.23. The monoisotopic (exact) mass is 234 g/mol. The zero-order valence-electron chi connectivity index (χ0n) is 8.39. The quantitative estimate of drug-likeness (QED) is 0.151. The fraction of sp³-hybridized carbons (Fsp3) is 0. The van der Waals surface area contributed by atoms with E-state index in [1.807, 2.05) is 0 Å². The molecule has 0 aliphatic carbocycles. The first-order chi connectivity index (χ1) is 8.15. The largest absolute Gasteiger partial charge is 0.438 e. The molecule has 0 unspecified atom stereocenters. The third kappa shape index (κ3) is 3.65. The fourth-order valence-corrected chi connectivity index (χ4v) is 0.914. The van der Waals surface area contributed by atoms with Crippen LogP contribution in [0.2, 0.25) is 0 Å². The molecule has 0 spiro atoms. The number of esters is 1. The Labute approximate surface area is 94.9 Å². The highest BCUT2D eigenvalue weighted by atomic mass is 16.7. The molecule has 0 saturated carbocycles. The second-order valence-corrected chi connectivity index (χ2v) is 2.68. The molecule has 0 amide bonds. The Morgan fingerprint density at radius 1 is 1.47 bits per heavy atom. The Hall–Kier alpha value is -2.86. The van der Waals surface area contributed by atoms with Gasteiger partial charge in [0.15, 0.2) is 0 Å². The second-order valence-electron chi connectivity index (χ2n) is 2.68. The van der Waals surface area contributed by atoms with Crippen molar-refractivity contribution in [3.05, 3.63) is 68.5 Å². The molecule has 0 fully saturated rings. The lowest BCUT2D eigenvalue weighted by Gasteiger charge is -2.00. The van der Waals surface area contributed by atoms with Crippen molar-refractivity contribution in [3.8, 4) is 0 Å². The minimum Gasteiger partial charge on any atom is -0.363 e. The van der Waals surface area contributed by atoms with Crippen LogP contribution >= 0.6 is 0 Å². The van der Waals surface area contributed by atoms with Gasteiger partial charge in [-0.2, -0.15) is 0 Å². The summed E-state index contributed by atoms with van der Waals surface area (Å²) in [5.41, 5.74) is 8.15. The maximum Gasteiger partial charge on any atom is 0.438 e. The van der Waals surface area contributed by atoms with E-state index in [1.165, 1.54) is 12.1 Å². The Kier molecular flexibility index (Phi) is 4.23. The lowest BCUT2D eigenvalue weighted by molar-refractivity contribution is -0.457. The first-order valence-corrected chi connectivity index (χ1v) is 4.31. The minimum absolute atomic E-state index is 0.154. The number of hydrogen-bond donors (Lipinski definition) is 0. The van der Waals surface area contributed by atoms with Gasteiger partial charge in [0.05, 0.1) is 5.56 Å². The summed E-state index contributed by atoms with van der Waals surface area (Å²) in [4.78, 5) is 23.2. The summed E-state index contributed by atoms with van der Waals surface area (Å²) < 4.78 is 4.46. The van der Waals surface area contributed by atoms with E-state index in [0.29, 0.717) is 6.20 Å². The topological polar surface area (TPSA) is 118 Å². The van der Waals surface area contributed by atoms with Crippen LogP contribution in [0.3, 0.4) is 0 Å². The number of rotatable bonds is 4. The average Bonchev–Trinajstić information content (AvgIpc) is 2.35. The van der Waals surface area contributed by atoms with Crippen molar-refractivity contribution in [1.82, 2.24) is 0 Å². The predicted molar refractivity (Wildman–Crippen MR) is 56.1 cm³/mol. The standard InChI is InChI=1S/C9H6N4O4/c10-12-11-6-8(13(15)16)17-9(14)7-4-2-1-3-5-7/h1-6H. The average molecular weight is 234 g/mol. The number of nitro groups is 1. The van der Waals surface area contributed by atoms with Crippen LogP contribution in [0.5, 0.6) is 0 Å². The molecular weight excluding hydrogens is 228 g/mol. The van der Waals surface area contributed by atoms with E-state index in [-0.39, 0.29) is 5.56 Å². The number of carbonyl (C=O) groups is 1.